The molecule has 0 saturated heterocycles. The lowest BCUT2D eigenvalue weighted by atomic mass is 9.75. The number of aliphatic hydroxyl groups excluding tert-OH is 1. The second-order valence-corrected chi connectivity index (χ2v) is 5.58. The van der Waals surface area contributed by atoms with E-state index in [9.17, 15) is 0 Å². The highest BCUT2D eigenvalue weighted by molar-refractivity contribution is 5.18. The van der Waals surface area contributed by atoms with Crippen LogP contribution in [0.3, 0.4) is 0 Å². The molecule has 15 heavy (non-hydrogen) atoms. The number of aliphatic hydroxyl groups is 1. The van der Waals surface area contributed by atoms with Gasteiger partial charge in [-0.05, 0) is 43.4 Å². The highest BCUT2D eigenvalue weighted by atomic mass is 16.3. The normalized spacial score (nSPS) is 26.5. The highest BCUT2D eigenvalue weighted by Gasteiger charge is 2.34. The molecular formula is C14H26O. The molecule has 2 atom stereocenters. The van der Waals surface area contributed by atoms with Gasteiger partial charge in [0.1, 0.15) is 0 Å². The maximum Gasteiger partial charge on any atom is 0.0459 e. The van der Waals surface area contributed by atoms with Crippen molar-refractivity contribution in [3.63, 3.8) is 0 Å². The van der Waals surface area contributed by atoms with Crippen LogP contribution in [0.1, 0.15) is 53.4 Å². The molecule has 1 aliphatic rings. The van der Waals surface area contributed by atoms with Crippen molar-refractivity contribution < 1.29 is 5.11 Å². The molecule has 0 saturated carbocycles. The monoisotopic (exact) mass is 210 g/mol. The van der Waals surface area contributed by atoms with Crippen LogP contribution in [0.25, 0.3) is 0 Å². The van der Waals surface area contributed by atoms with E-state index >= 15 is 0 Å². The van der Waals surface area contributed by atoms with E-state index in [1.54, 1.807) is 5.57 Å². The smallest absolute Gasteiger partial charge is 0.0459 e. The Labute approximate surface area is 94.6 Å². The molecule has 0 spiro atoms. The molecule has 0 bridgehead atoms. The molecule has 0 fully saturated rings. The Kier molecular flexibility index (Phi) is 4.39. The Morgan fingerprint density at radius 3 is 2.60 bits per heavy atom. The molecule has 88 valence electrons. The second kappa shape index (κ2) is 5.16. The first kappa shape index (κ1) is 12.8. The maximum atomic E-state index is 9.17. The number of hydrogen-bond donors (Lipinski definition) is 1. The van der Waals surface area contributed by atoms with E-state index < -0.39 is 0 Å². The lowest BCUT2D eigenvalue weighted by Crippen LogP contribution is -2.21. The lowest BCUT2D eigenvalue weighted by molar-refractivity contribution is 0.189. The number of allylic oxidation sites excluding steroid dienone is 2. The molecule has 1 aliphatic carbocycles. The Balaban J connectivity index is 2.41. The number of hydrogen-bond acceptors (Lipinski definition) is 1. The van der Waals surface area contributed by atoms with Crippen molar-refractivity contribution >= 4 is 0 Å². The molecule has 0 aromatic carbocycles. The fourth-order valence-corrected chi connectivity index (χ4v) is 2.54. The van der Waals surface area contributed by atoms with Gasteiger partial charge in [-0.2, -0.15) is 0 Å². The first-order chi connectivity index (χ1) is 7.02. The quantitative estimate of drug-likeness (QED) is 0.685. The van der Waals surface area contributed by atoms with Gasteiger partial charge in [-0.15, -0.1) is 0 Å². The highest BCUT2D eigenvalue weighted by Crippen LogP contribution is 2.45. The van der Waals surface area contributed by atoms with Gasteiger partial charge in [-0.3, -0.25) is 0 Å². The van der Waals surface area contributed by atoms with Crippen LogP contribution in [0.5, 0.6) is 0 Å². The van der Waals surface area contributed by atoms with Gasteiger partial charge in [0.15, 0.2) is 0 Å². The molecule has 1 heteroatoms. The van der Waals surface area contributed by atoms with Crippen molar-refractivity contribution in [3.05, 3.63) is 11.6 Å². The van der Waals surface area contributed by atoms with E-state index in [4.69, 9.17) is 5.11 Å². The first-order valence-corrected chi connectivity index (χ1v) is 6.30. The minimum Gasteiger partial charge on any atom is -0.396 e. The third kappa shape index (κ3) is 2.84. The van der Waals surface area contributed by atoms with Gasteiger partial charge < -0.3 is 5.11 Å². The Hall–Kier alpha value is -0.300. The zero-order valence-electron chi connectivity index (χ0n) is 10.7. The summed E-state index contributed by atoms with van der Waals surface area (Å²) in [6.45, 7) is 9.50. The van der Waals surface area contributed by atoms with Crippen molar-refractivity contribution in [1.29, 1.82) is 0 Å². The summed E-state index contributed by atoms with van der Waals surface area (Å²) in [7, 11) is 0. The van der Waals surface area contributed by atoms with Crippen LogP contribution >= 0.6 is 0 Å². The summed E-state index contributed by atoms with van der Waals surface area (Å²) >= 11 is 0. The maximum absolute atomic E-state index is 9.17. The first-order valence-electron chi connectivity index (χ1n) is 6.30. The molecule has 0 aromatic rings. The van der Waals surface area contributed by atoms with Crippen molar-refractivity contribution in [1.82, 2.24) is 0 Å². The molecule has 0 radical (unpaired) electrons. The zero-order chi connectivity index (χ0) is 11.5. The van der Waals surface area contributed by atoms with Crippen LogP contribution in [0.15, 0.2) is 11.6 Å². The second-order valence-electron chi connectivity index (χ2n) is 5.58. The fourth-order valence-electron chi connectivity index (χ4n) is 2.54. The van der Waals surface area contributed by atoms with Crippen LogP contribution in [0.2, 0.25) is 0 Å². The molecule has 2 unspecified atom stereocenters. The predicted molar refractivity (Wildman–Crippen MR) is 65.7 cm³/mol. The molecular weight excluding hydrogens is 184 g/mol. The zero-order valence-corrected chi connectivity index (χ0v) is 10.7. The molecule has 1 rings (SSSR count). The van der Waals surface area contributed by atoms with Crippen LogP contribution in [-0.4, -0.2) is 11.7 Å². The summed E-state index contributed by atoms with van der Waals surface area (Å²) in [6.07, 6.45) is 7.18. The SMILES string of the molecule is CCC(CO)CCC1CC=C(C)C1(C)C. The Morgan fingerprint density at radius 1 is 1.53 bits per heavy atom. The standard InChI is InChI=1S/C14H26O/c1-5-12(10-15)7-9-13-8-6-11(2)14(13,3)4/h6,12-13,15H,5,7-10H2,1-4H3. The van der Waals surface area contributed by atoms with Crippen molar-refractivity contribution in [2.24, 2.45) is 17.3 Å². The predicted octanol–water partition coefficient (Wildman–Crippen LogP) is 3.78. The van der Waals surface area contributed by atoms with Gasteiger partial charge in [-0.25, -0.2) is 0 Å². The Bertz CT molecular complexity index is 223. The topological polar surface area (TPSA) is 20.2 Å². The Morgan fingerprint density at radius 2 is 2.20 bits per heavy atom. The van der Waals surface area contributed by atoms with E-state index in [2.05, 4.69) is 33.8 Å². The van der Waals surface area contributed by atoms with E-state index in [-0.39, 0.29) is 0 Å². The summed E-state index contributed by atoms with van der Waals surface area (Å²) < 4.78 is 0. The number of rotatable bonds is 5. The van der Waals surface area contributed by atoms with E-state index in [0.717, 1.165) is 12.3 Å². The van der Waals surface area contributed by atoms with Crippen LogP contribution in [0.4, 0.5) is 0 Å². The van der Waals surface area contributed by atoms with E-state index in [1.807, 2.05) is 0 Å². The molecule has 0 amide bonds. The van der Waals surface area contributed by atoms with Crippen molar-refractivity contribution in [2.45, 2.75) is 53.4 Å². The lowest BCUT2D eigenvalue weighted by Gasteiger charge is -2.30. The summed E-state index contributed by atoms with van der Waals surface area (Å²) in [5, 5.41) is 9.17. The molecule has 1 nitrogen and oxygen atoms in total. The van der Waals surface area contributed by atoms with E-state index in [1.165, 1.54) is 19.3 Å². The van der Waals surface area contributed by atoms with Gasteiger partial charge in [-0.1, -0.05) is 38.8 Å². The van der Waals surface area contributed by atoms with Crippen molar-refractivity contribution in [3.8, 4) is 0 Å². The fraction of sp³-hybridized carbons (Fsp3) is 0.857. The molecule has 0 aromatic heterocycles. The summed E-state index contributed by atoms with van der Waals surface area (Å²) in [6, 6.07) is 0. The summed E-state index contributed by atoms with van der Waals surface area (Å²) in [5.41, 5.74) is 1.93. The van der Waals surface area contributed by atoms with Gasteiger partial charge in [0.25, 0.3) is 0 Å². The van der Waals surface area contributed by atoms with Gasteiger partial charge in [0.05, 0.1) is 0 Å². The van der Waals surface area contributed by atoms with Gasteiger partial charge in [0.2, 0.25) is 0 Å². The van der Waals surface area contributed by atoms with Crippen molar-refractivity contribution in [2.75, 3.05) is 6.61 Å². The van der Waals surface area contributed by atoms with Crippen LogP contribution in [-0.2, 0) is 0 Å². The molecule has 1 N–H and O–H groups in total. The minimum atomic E-state index is 0.357. The van der Waals surface area contributed by atoms with Gasteiger partial charge >= 0.3 is 0 Å². The molecule has 0 heterocycles. The van der Waals surface area contributed by atoms with Crippen LogP contribution in [0, 0.1) is 17.3 Å². The largest absolute Gasteiger partial charge is 0.396 e. The average molecular weight is 210 g/mol. The summed E-state index contributed by atoms with van der Waals surface area (Å²) in [5.74, 6) is 1.31. The average Bonchev–Trinajstić information content (AvgIpc) is 2.45. The van der Waals surface area contributed by atoms with E-state index in [0.29, 0.717) is 17.9 Å². The third-order valence-electron chi connectivity index (χ3n) is 4.50. The molecule has 0 aliphatic heterocycles. The van der Waals surface area contributed by atoms with Crippen LogP contribution < -0.4 is 0 Å². The van der Waals surface area contributed by atoms with Gasteiger partial charge in [0, 0.05) is 6.61 Å². The summed E-state index contributed by atoms with van der Waals surface area (Å²) in [4.78, 5) is 0. The minimum absolute atomic E-state index is 0.357. The third-order valence-corrected chi connectivity index (χ3v) is 4.50.